The largest absolute Gasteiger partial charge is 0.404 e. The van der Waals surface area contributed by atoms with Crippen LogP contribution in [0.15, 0.2) is 11.1 Å². The average Bonchev–Trinajstić information content (AvgIpc) is 1.65. The van der Waals surface area contributed by atoms with Crippen molar-refractivity contribution >= 4 is 12.6 Å². The lowest BCUT2D eigenvalue weighted by Crippen LogP contribution is -2.05. The molecular weight excluding hydrogens is 114 g/mol. The van der Waals surface area contributed by atoms with E-state index in [1.54, 1.807) is 0 Å². The maximum atomic E-state index is 8.15. The Morgan fingerprint density at radius 2 is 2.14 bits per heavy atom. The van der Waals surface area contributed by atoms with Gasteiger partial charge >= 0.3 is 0 Å². The molecule has 4 N–H and O–H groups in total. The lowest BCUT2D eigenvalue weighted by molar-refractivity contribution is -0.000803. The zero-order valence-electron chi connectivity index (χ0n) is 3.57. The van der Waals surface area contributed by atoms with E-state index in [4.69, 9.17) is 15.9 Å². The minimum atomic E-state index is -1.53. The summed E-state index contributed by atoms with van der Waals surface area (Å²) in [5.41, 5.74) is 4.81. The molecule has 0 unspecified atom stereocenters. The fourth-order valence-electron chi connectivity index (χ4n) is 0.0861. The number of thiol groups is 1. The molecule has 0 aromatic heterocycles. The second-order valence-corrected chi connectivity index (χ2v) is 1.48. The standard InChI is InChI=1S/C3H7NO2S/c4-1-2(7)3(5)6/h1,3,5-7H,4H2/b2-1-. The Bertz CT molecular complexity index is 81.0. The predicted octanol–water partition coefficient (Wildman–Crippen LogP) is -0.973. The van der Waals surface area contributed by atoms with E-state index in [1.165, 1.54) is 0 Å². The van der Waals surface area contributed by atoms with Crippen molar-refractivity contribution in [2.45, 2.75) is 6.29 Å². The molecule has 0 fully saturated rings. The van der Waals surface area contributed by atoms with Crippen LogP contribution in [0.2, 0.25) is 0 Å². The van der Waals surface area contributed by atoms with Gasteiger partial charge in [0.25, 0.3) is 0 Å². The highest BCUT2D eigenvalue weighted by molar-refractivity contribution is 7.84. The van der Waals surface area contributed by atoms with Gasteiger partial charge in [-0.2, -0.15) is 0 Å². The van der Waals surface area contributed by atoms with Crippen molar-refractivity contribution in [3.63, 3.8) is 0 Å². The van der Waals surface area contributed by atoms with Crippen LogP contribution in [0, 0.1) is 0 Å². The Labute approximate surface area is 46.9 Å². The van der Waals surface area contributed by atoms with E-state index in [2.05, 4.69) is 12.6 Å². The van der Waals surface area contributed by atoms with Gasteiger partial charge in [0.1, 0.15) is 0 Å². The SMILES string of the molecule is N/C=C(\S)C(O)O. The van der Waals surface area contributed by atoms with Gasteiger partial charge in [-0.15, -0.1) is 12.6 Å². The summed E-state index contributed by atoms with van der Waals surface area (Å²) in [7, 11) is 0. The van der Waals surface area contributed by atoms with E-state index in [-0.39, 0.29) is 4.91 Å². The van der Waals surface area contributed by atoms with E-state index in [1.807, 2.05) is 0 Å². The number of aliphatic hydroxyl groups is 2. The number of hydrogen-bond acceptors (Lipinski definition) is 4. The molecule has 42 valence electrons. The highest BCUT2D eigenvalue weighted by atomic mass is 32.1. The van der Waals surface area contributed by atoms with Crippen molar-refractivity contribution in [1.82, 2.24) is 0 Å². The maximum absolute atomic E-state index is 8.15. The number of nitrogens with two attached hydrogens (primary N) is 1. The van der Waals surface area contributed by atoms with E-state index in [9.17, 15) is 0 Å². The minimum absolute atomic E-state index is 0.0556. The summed E-state index contributed by atoms with van der Waals surface area (Å²) in [6.45, 7) is 0. The fraction of sp³-hybridized carbons (Fsp3) is 0.333. The Kier molecular flexibility index (Phi) is 2.82. The fourth-order valence-corrected chi connectivity index (χ4v) is 0.0861. The zero-order valence-corrected chi connectivity index (χ0v) is 4.47. The minimum Gasteiger partial charge on any atom is -0.404 e. The molecule has 0 aliphatic heterocycles. The van der Waals surface area contributed by atoms with Crippen LogP contribution in [0.1, 0.15) is 0 Å². The molecule has 0 aliphatic carbocycles. The van der Waals surface area contributed by atoms with Gasteiger partial charge in [0, 0.05) is 6.20 Å². The van der Waals surface area contributed by atoms with Crippen molar-refractivity contribution in [3.05, 3.63) is 11.1 Å². The van der Waals surface area contributed by atoms with Crippen LogP contribution < -0.4 is 5.73 Å². The van der Waals surface area contributed by atoms with E-state index < -0.39 is 6.29 Å². The molecule has 0 aromatic rings. The van der Waals surface area contributed by atoms with Gasteiger partial charge in [-0.25, -0.2) is 0 Å². The lowest BCUT2D eigenvalue weighted by Gasteiger charge is -1.97. The Hall–Kier alpha value is -0.190. The van der Waals surface area contributed by atoms with Crippen molar-refractivity contribution in [1.29, 1.82) is 0 Å². The molecule has 0 aliphatic rings. The second-order valence-electron chi connectivity index (χ2n) is 0.965. The molecule has 0 atom stereocenters. The lowest BCUT2D eigenvalue weighted by atomic mass is 10.6. The third-order valence-corrected chi connectivity index (χ3v) is 0.815. The normalized spacial score (nSPS) is 12.9. The van der Waals surface area contributed by atoms with Gasteiger partial charge in [-0.1, -0.05) is 0 Å². The zero-order chi connectivity index (χ0) is 5.86. The molecule has 3 nitrogen and oxygen atoms in total. The summed E-state index contributed by atoms with van der Waals surface area (Å²) in [5, 5.41) is 16.3. The quantitative estimate of drug-likeness (QED) is 0.266. The Morgan fingerprint density at radius 3 is 2.14 bits per heavy atom. The summed E-state index contributed by atoms with van der Waals surface area (Å²) in [5.74, 6) is 0. The molecule has 0 radical (unpaired) electrons. The van der Waals surface area contributed by atoms with Crippen molar-refractivity contribution in [2.75, 3.05) is 0 Å². The first-order valence-electron chi connectivity index (χ1n) is 1.65. The first kappa shape index (κ1) is 6.81. The van der Waals surface area contributed by atoms with Crippen molar-refractivity contribution in [3.8, 4) is 0 Å². The summed E-state index contributed by atoms with van der Waals surface area (Å²) < 4.78 is 0. The summed E-state index contributed by atoms with van der Waals surface area (Å²) in [6, 6.07) is 0. The highest BCUT2D eigenvalue weighted by Gasteiger charge is 1.96. The summed E-state index contributed by atoms with van der Waals surface area (Å²) >= 11 is 3.56. The van der Waals surface area contributed by atoms with E-state index in [0.29, 0.717) is 0 Å². The average molecular weight is 121 g/mol. The molecule has 4 heteroatoms. The maximum Gasteiger partial charge on any atom is 0.185 e. The molecule has 7 heavy (non-hydrogen) atoms. The third kappa shape index (κ3) is 2.50. The first-order chi connectivity index (χ1) is 3.18. The van der Waals surface area contributed by atoms with Crippen LogP contribution in [-0.2, 0) is 0 Å². The van der Waals surface area contributed by atoms with E-state index in [0.717, 1.165) is 6.20 Å². The highest BCUT2D eigenvalue weighted by Crippen LogP contribution is 1.99. The smallest absolute Gasteiger partial charge is 0.185 e. The van der Waals surface area contributed by atoms with Gasteiger partial charge in [-0.05, 0) is 0 Å². The molecule has 0 heterocycles. The predicted molar refractivity (Wildman–Crippen MR) is 29.5 cm³/mol. The molecule has 0 aromatic carbocycles. The Balaban J connectivity index is 3.56. The number of aliphatic hydroxyl groups excluding tert-OH is 1. The summed E-state index contributed by atoms with van der Waals surface area (Å²) in [6.07, 6.45) is -0.512. The number of hydrogen-bond donors (Lipinski definition) is 4. The molecule has 0 saturated carbocycles. The Morgan fingerprint density at radius 1 is 1.71 bits per heavy atom. The van der Waals surface area contributed by atoms with Crippen LogP contribution in [0.25, 0.3) is 0 Å². The van der Waals surface area contributed by atoms with Crippen LogP contribution in [0.4, 0.5) is 0 Å². The van der Waals surface area contributed by atoms with Crippen LogP contribution >= 0.6 is 12.6 Å². The summed E-state index contributed by atoms with van der Waals surface area (Å²) in [4.78, 5) is 0.0556. The molecule has 0 rings (SSSR count). The van der Waals surface area contributed by atoms with Crippen molar-refractivity contribution in [2.24, 2.45) is 5.73 Å². The molecule has 0 spiro atoms. The topological polar surface area (TPSA) is 66.5 Å². The van der Waals surface area contributed by atoms with E-state index >= 15 is 0 Å². The van der Waals surface area contributed by atoms with Gasteiger partial charge in [0.2, 0.25) is 0 Å². The van der Waals surface area contributed by atoms with Gasteiger partial charge in [0.15, 0.2) is 6.29 Å². The monoisotopic (exact) mass is 121 g/mol. The van der Waals surface area contributed by atoms with Crippen LogP contribution in [-0.4, -0.2) is 16.5 Å². The van der Waals surface area contributed by atoms with Crippen molar-refractivity contribution < 1.29 is 10.2 Å². The van der Waals surface area contributed by atoms with Crippen LogP contribution in [0.3, 0.4) is 0 Å². The van der Waals surface area contributed by atoms with Crippen LogP contribution in [0.5, 0.6) is 0 Å². The van der Waals surface area contributed by atoms with Gasteiger partial charge < -0.3 is 15.9 Å². The number of rotatable bonds is 1. The molecule has 0 saturated heterocycles. The van der Waals surface area contributed by atoms with Gasteiger partial charge in [0.05, 0.1) is 4.91 Å². The molecular formula is C3H7NO2S. The third-order valence-electron chi connectivity index (χ3n) is 0.435. The second kappa shape index (κ2) is 2.90. The van der Waals surface area contributed by atoms with Gasteiger partial charge in [-0.3, -0.25) is 0 Å². The molecule has 0 amide bonds. The molecule has 0 bridgehead atoms. The first-order valence-corrected chi connectivity index (χ1v) is 2.10.